The van der Waals surface area contributed by atoms with Crippen LogP contribution in [0.25, 0.3) is 11.0 Å². The SMILES string of the molecule is CCCCNC(=O)C1CCN(c2nc3cc(C)c(C)cc3n2Cc2ccc(F)cc2)CC1. The Morgan fingerprint density at radius 2 is 1.81 bits per heavy atom. The van der Waals surface area contributed by atoms with E-state index < -0.39 is 0 Å². The number of amides is 1. The lowest BCUT2D eigenvalue weighted by molar-refractivity contribution is -0.125. The third-order valence-electron chi connectivity index (χ3n) is 6.58. The Balaban J connectivity index is 1.58. The fraction of sp³-hybridized carbons (Fsp3) is 0.462. The number of unbranched alkanes of at least 4 members (excludes halogenated alkanes) is 1. The van der Waals surface area contributed by atoms with Gasteiger partial charge in [0.15, 0.2) is 0 Å². The number of carbonyl (C=O) groups is 1. The molecule has 170 valence electrons. The van der Waals surface area contributed by atoms with Crippen molar-refractivity contribution in [2.75, 3.05) is 24.5 Å². The average Bonchev–Trinajstić information content (AvgIpc) is 3.13. The average molecular weight is 437 g/mol. The van der Waals surface area contributed by atoms with Crippen molar-refractivity contribution in [3.63, 3.8) is 0 Å². The van der Waals surface area contributed by atoms with E-state index in [1.54, 1.807) is 0 Å². The summed E-state index contributed by atoms with van der Waals surface area (Å²) in [5, 5.41) is 3.08. The highest BCUT2D eigenvalue weighted by Crippen LogP contribution is 2.29. The van der Waals surface area contributed by atoms with E-state index in [1.807, 2.05) is 12.1 Å². The van der Waals surface area contributed by atoms with Crippen LogP contribution in [0.1, 0.15) is 49.3 Å². The zero-order valence-electron chi connectivity index (χ0n) is 19.3. The molecule has 6 heteroatoms. The molecule has 0 saturated carbocycles. The maximum absolute atomic E-state index is 13.4. The standard InChI is InChI=1S/C26H33FN4O/c1-4-5-12-28-25(32)21-10-13-30(14-11-21)26-29-23-15-18(2)19(3)16-24(23)31(26)17-20-6-8-22(27)9-7-20/h6-9,15-16,21H,4-5,10-14,17H2,1-3H3,(H,28,32). The number of nitrogens with one attached hydrogen (secondary N) is 1. The molecule has 1 N–H and O–H groups in total. The number of halogens is 1. The minimum absolute atomic E-state index is 0.0718. The van der Waals surface area contributed by atoms with Crippen LogP contribution in [-0.2, 0) is 11.3 Å². The predicted molar refractivity (Wildman–Crippen MR) is 128 cm³/mol. The van der Waals surface area contributed by atoms with Crippen molar-refractivity contribution < 1.29 is 9.18 Å². The Morgan fingerprint density at radius 3 is 2.50 bits per heavy atom. The van der Waals surface area contributed by atoms with Crippen molar-refractivity contribution in [1.29, 1.82) is 0 Å². The number of aromatic nitrogens is 2. The van der Waals surface area contributed by atoms with E-state index in [-0.39, 0.29) is 17.6 Å². The Labute approximate surface area is 189 Å². The van der Waals surface area contributed by atoms with Gasteiger partial charge in [0.2, 0.25) is 11.9 Å². The largest absolute Gasteiger partial charge is 0.356 e. The van der Waals surface area contributed by atoms with Crippen LogP contribution < -0.4 is 10.2 Å². The Bertz CT molecular complexity index is 1080. The smallest absolute Gasteiger partial charge is 0.223 e. The van der Waals surface area contributed by atoms with E-state index in [9.17, 15) is 9.18 Å². The normalized spacial score (nSPS) is 14.8. The first-order valence-electron chi connectivity index (χ1n) is 11.7. The molecule has 2 heterocycles. The van der Waals surface area contributed by atoms with Gasteiger partial charge in [-0.15, -0.1) is 0 Å². The van der Waals surface area contributed by atoms with Gasteiger partial charge in [0, 0.05) is 25.6 Å². The number of rotatable bonds is 7. The molecule has 32 heavy (non-hydrogen) atoms. The van der Waals surface area contributed by atoms with E-state index in [4.69, 9.17) is 4.98 Å². The highest BCUT2D eigenvalue weighted by atomic mass is 19.1. The van der Waals surface area contributed by atoms with E-state index in [0.29, 0.717) is 6.54 Å². The van der Waals surface area contributed by atoms with Crippen LogP contribution in [0.2, 0.25) is 0 Å². The number of hydrogen-bond donors (Lipinski definition) is 1. The van der Waals surface area contributed by atoms with Crippen molar-refractivity contribution >= 4 is 22.9 Å². The molecule has 2 aromatic carbocycles. The highest BCUT2D eigenvalue weighted by molar-refractivity contribution is 5.81. The van der Waals surface area contributed by atoms with E-state index in [2.05, 4.69) is 47.7 Å². The van der Waals surface area contributed by atoms with Gasteiger partial charge in [-0.1, -0.05) is 25.5 Å². The van der Waals surface area contributed by atoms with Crippen LogP contribution in [0, 0.1) is 25.6 Å². The number of fused-ring (bicyclic) bond motifs is 1. The molecular formula is C26H33FN4O. The fourth-order valence-corrected chi connectivity index (χ4v) is 4.41. The number of aryl methyl sites for hydroxylation is 2. The van der Waals surface area contributed by atoms with Gasteiger partial charge in [0.05, 0.1) is 17.6 Å². The molecule has 0 aliphatic carbocycles. The van der Waals surface area contributed by atoms with Crippen molar-refractivity contribution in [1.82, 2.24) is 14.9 Å². The van der Waals surface area contributed by atoms with Gasteiger partial charge < -0.3 is 14.8 Å². The summed E-state index contributed by atoms with van der Waals surface area (Å²) >= 11 is 0. The van der Waals surface area contributed by atoms with Crippen LogP contribution in [0.5, 0.6) is 0 Å². The van der Waals surface area contributed by atoms with Crippen LogP contribution >= 0.6 is 0 Å². The molecule has 3 aromatic rings. The van der Waals surface area contributed by atoms with Crippen LogP contribution in [-0.4, -0.2) is 35.1 Å². The first kappa shape index (κ1) is 22.3. The van der Waals surface area contributed by atoms with Crippen molar-refractivity contribution in [3.05, 3.63) is 58.9 Å². The summed E-state index contributed by atoms with van der Waals surface area (Å²) in [6, 6.07) is 11.0. The second-order valence-corrected chi connectivity index (χ2v) is 8.96. The van der Waals surface area contributed by atoms with E-state index in [1.165, 1.54) is 23.3 Å². The molecule has 0 atom stereocenters. The lowest BCUT2D eigenvalue weighted by Gasteiger charge is -2.32. The lowest BCUT2D eigenvalue weighted by atomic mass is 9.96. The van der Waals surface area contributed by atoms with Gasteiger partial charge in [0.1, 0.15) is 5.82 Å². The Kier molecular flexibility index (Phi) is 6.77. The second kappa shape index (κ2) is 9.72. The maximum atomic E-state index is 13.4. The van der Waals surface area contributed by atoms with Gasteiger partial charge in [-0.05, 0) is 74.1 Å². The first-order chi connectivity index (χ1) is 15.5. The fourth-order valence-electron chi connectivity index (χ4n) is 4.41. The molecule has 0 radical (unpaired) electrons. The topological polar surface area (TPSA) is 50.2 Å². The predicted octanol–water partition coefficient (Wildman–Crippen LogP) is 4.97. The molecule has 0 bridgehead atoms. The molecule has 0 unspecified atom stereocenters. The summed E-state index contributed by atoms with van der Waals surface area (Å²) in [5.41, 5.74) is 5.55. The molecule has 0 spiro atoms. The number of imidazole rings is 1. The monoisotopic (exact) mass is 436 g/mol. The summed E-state index contributed by atoms with van der Waals surface area (Å²) in [7, 11) is 0. The zero-order valence-corrected chi connectivity index (χ0v) is 19.3. The zero-order chi connectivity index (χ0) is 22.7. The molecule has 1 aliphatic heterocycles. The number of anilines is 1. The minimum atomic E-state index is -0.227. The Hall–Kier alpha value is -2.89. The number of nitrogens with zero attached hydrogens (tertiary/aromatic N) is 3. The van der Waals surface area contributed by atoms with E-state index in [0.717, 1.165) is 67.9 Å². The molecule has 1 fully saturated rings. The molecule has 1 amide bonds. The van der Waals surface area contributed by atoms with Gasteiger partial charge in [-0.2, -0.15) is 0 Å². The number of hydrogen-bond acceptors (Lipinski definition) is 3. The molecular weight excluding hydrogens is 403 g/mol. The Morgan fingerprint density at radius 1 is 1.12 bits per heavy atom. The van der Waals surface area contributed by atoms with Crippen LogP contribution in [0.4, 0.5) is 10.3 Å². The number of benzene rings is 2. The number of piperidine rings is 1. The third kappa shape index (κ3) is 4.79. The highest BCUT2D eigenvalue weighted by Gasteiger charge is 2.27. The van der Waals surface area contributed by atoms with Crippen LogP contribution in [0.15, 0.2) is 36.4 Å². The maximum Gasteiger partial charge on any atom is 0.223 e. The van der Waals surface area contributed by atoms with Crippen molar-refractivity contribution in [2.24, 2.45) is 5.92 Å². The van der Waals surface area contributed by atoms with Gasteiger partial charge >= 0.3 is 0 Å². The first-order valence-corrected chi connectivity index (χ1v) is 11.7. The van der Waals surface area contributed by atoms with Gasteiger partial charge in [0.25, 0.3) is 0 Å². The van der Waals surface area contributed by atoms with Gasteiger partial charge in [-0.25, -0.2) is 9.37 Å². The van der Waals surface area contributed by atoms with Crippen molar-refractivity contribution in [2.45, 2.75) is 53.0 Å². The molecule has 1 aromatic heterocycles. The number of carbonyl (C=O) groups excluding carboxylic acids is 1. The van der Waals surface area contributed by atoms with Crippen molar-refractivity contribution in [3.8, 4) is 0 Å². The molecule has 1 saturated heterocycles. The summed E-state index contributed by atoms with van der Waals surface area (Å²) in [4.78, 5) is 19.8. The second-order valence-electron chi connectivity index (χ2n) is 8.96. The van der Waals surface area contributed by atoms with Gasteiger partial charge in [-0.3, -0.25) is 4.79 Å². The molecule has 4 rings (SSSR count). The quantitative estimate of drug-likeness (QED) is 0.532. The van der Waals surface area contributed by atoms with E-state index >= 15 is 0 Å². The summed E-state index contributed by atoms with van der Waals surface area (Å²) in [6.45, 7) is 9.36. The summed E-state index contributed by atoms with van der Waals surface area (Å²) in [5.74, 6) is 0.959. The lowest BCUT2D eigenvalue weighted by Crippen LogP contribution is -2.41. The third-order valence-corrected chi connectivity index (χ3v) is 6.58. The van der Waals surface area contributed by atoms with Crippen LogP contribution in [0.3, 0.4) is 0 Å². The summed E-state index contributed by atoms with van der Waals surface area (Å²) in [6.07, 6.45) is 3.77. The molecule has 5 nitrogen and oxygen atoms in total. The molecule has 1 aliphatic rings. The summed E-state index contributed by atoms with van der Waals surface area (Å²) < 4.78 is 15.7. The minimum Gasteiger partial charge on any atom is -0.356 e.